The van der Waals surface area contributed by atoms with Crippen LogP contribution in [0.1, 0.15) is 10.4 Å². The van der Waals surface area contributed by atoms with Crippen LogP contribution in [0.5, 0.6) is 0 Å². The monoisotopic (exact) mass is 123 g/mol. The van der Waals surface area contributed by atoms with Crippen LogP contribution < -0.4 is 0 Å². The lowest BCUT2D eigenvalue weighted by molar-refractivity contribution is 0.104. The van der Waals surface area contributed by atoms with Crippen LogP contribution in [0.2, 0.25) is 0 Å². The number of aromatic nitrogens is 2. The van der Waals surface area contributed by atoms with E-state index in [-0.39, 0.29) is 5.78 Å². The maximum absolute atomic E-state index is 10.5. The summed E-state index contributed by atoms with van der Waals surface area (Å²) in [6.45, 7) is 3.23. The van der Waals surface area contributed by atoms with Crippen LogP contribution in [0.15, 0.2) is 12.4 Å². The Morgan fingerprint density at radius 2 is 2.56 bits per heavy atom. The second kappa shape index (κ2) is 2.01. The highest BCUT2D eigenvalue weighted by Gasteiger charge is 1.98. The van der Waals surface area contributed by atoms with Crippen molar-refractivity contribution in [2.75, 3.05) is 0 Å². The van der Waals surface area contributed by atoms with Crippen molar-refractivity contribution in [2.24, 2.45) is 7.05 Å². The molecule has 0 bridgehead atoms. The Hall–Kier alpha value is -1.12. The molecule has 0 aliphatic carbocycles. The van der Waals surface area contributed by atoms with Gasteiger partial charge in [-0.25, -0.2) is 0 Å². The molecule has 3 nitrogen and oxygen atoms in total. The van der Waals surface area contributed by atoms with Crippen LogP contribution in [0.3, 0.4) is 0 Å². The number of hydrogen-bond donors (Lipinski definition) is 0. The Balaban J connectivity index is 2.98. The van der Waals surface area contributed by atoms with E-state index in [0.29, 0.717) is 5.56 Å². The second-order valence-corrected chi connectivity index (χ2v) is 1.83. The molecule has 3 heteroatoms. The van der Waals surface area contributed by atoms with Gasteiger partial charge in [0, 0.05) is 20.2 Å². The van der Waals surface area contributed by atoms with Crippen molar-refractivity contribution in [3.8, 4) is 0 Å². The Labute approximate surface area is 53.3 Å². The summed E-state index contributed by atoms with van der Waals surface area (Å²) in [6.07, 6.45) is 3.13. The van der Waals surface area contributed by atoms with Crippen molar-refractivity contribution in [3.05, 3.63) is 24.9 Å². The zero-order valence-corrected chi connectivity index (χ0v) is 5.16. The van der Waals surface area contributed by atoms with Crippen LogP contribution in [0.25, 0.3) is 0 Å². The quantitative estimate of drug-likeness (QED) is 0.508. The molecule has 0 saturated heterocycles. The molecule has 0 N–H and O–H groups in total. The minimum atomic E-state index is -0.192. The predicted molar refractivity (Wildman–Crippen MR) is 32.9 cm³/mol. The molecule has 0 saturated carbocycles. The van der Waals surface area contributed by atoms with E-state index in [0.717, 1.165) is 0 Å². The molecule has 0 aromatic carbocycles. The maximum Gasteiger partial charge on any atom is 0.166 e. The molecule has 0 aliphatic heterocycles. The first kappa shape index (κ1) is 6.01. The van der Waals surface area contributed by atoms with Gasteiger partial charge >= 0.3 is 0 Å². The van der Waals surface area contributed by atoms with E-state index >= 15 is 0 Å². The zero-order valence-electron chi connectivity index (χ0n) is 5.16. The van der Waals surface area contributed by atoms with Gasteiger partial charge in [0.25, 0.3) is 0 Å². The fraction of sp³-hybridized carbons (Fsp3) is 0.167. The fourth-order valence-corrected chi connectivity index (χ4v) is 0.565. The number of hydrogen-bond acceptors (Lipinski definition) is 2. The topological polar surface area (TPSA) is 34.9 Å². The first-order valence-corrected chi connectivity index (χ1v) is 2.55. The van der Waals surface area contributed by atoms with Gasteiger partial charge in [0.2, 0.25) is 0 Å². The van der Waals surface area contributed by atoms with Crippen molar-refractivity contribution < 1.29 is 4.79 Å². The standard InChI is InChI=1S/C6H7N2O/c1-5(9)6-3-7-8(2)4-6/h3-4H,1H2,2H3. The van der Waals surface area contributed by atoms with E-state index in [9.17, 15) is 4.79 Å². The Morgan fingerprint density at radius 1 is 1.89 bits per heavy atom. The summed E-state index contributed by atoms with van der Waals surface area (Å²) >= 11 is 0. The minimum Gasteiger partial charge on any atom is -0.294 e. The molecule has 0 atom stereocenters. The van der Waals surface area contributed by atoms with Crippen LogP contribution >= 0.6 is 0 Å². The van der Waals surface area contributed by atoms with Gasteiger partial charge in [0.1, 0.15) is 0 Å². The highest BCUT2D eigenvalue weighted by atomic mass is 16.1. The highest BCUT2D eigenvalue weighted by molar-refractivity contribution is 5.98. The van der Waals surface area contributed by atoms with E-state index in [4.69, 9.17) is 0 Å². The average molecular weight is 123 g/mol. The second-order valence-electron chi connectivity index (χ2n) is 1.83. The molecule has 0 unspecified atom stereocenters. The van der Waals surface area contributed by atoms with Gasteiger partial charge in [-0.05, 0) is 0 Å². The summed E-state index contributed by atoms with van der Waals surface area (Å²) in [6, 6.07) is 0. The Kier molecular flexibility index (Phi) is 1.34. The van der Waals surface area contributed by atoms with Gasteiger partial charge in [-0.1, -0.05) is 0 Å². The van der Waals surface area contributed by atoms with Gasteiger partial charge in [0.15, 0.2) is 5.78 Å². The zero-order chi connectivity index (χ0) is 6.85. The molecular formula is C6H7N2O. The Bertz CT molecular complexity index is 227. The third-order valence-electron chi connectivity index (χ3n) is 1.03. The predicted octanol–water partition coefficient (Wildman–Crippen LogP) is 0.437. The van der Waals surface area contributed by atoms with E-state index in [1.54, 1.807) is 17.9 Å². The summed E-state index contributed by atoms with van der Waals surface area (Å²) in [5.74, 6) is -0.192. The number of Topliss-reactive ketones (excluding diaryl/α,β-unsaturated/α-hetero) is 1. The fourth-order valence-electron chi connectivity index (χ4n) is 0.565. The van der Waals surface area contributed by atoms with Crippen molar-refractivity contribution >= 4 is 5.78 Å². The van der Waals surface area contributed by atoms with Gasteiger partial charge in [0.05, 0.1) is 11.8 Å². The summed E-state index contributed by atoms with van der Waals surface area (Å²) < 4.78 is 1.57. The molecule has 47 valence electrons. The van der Waals surface area contributed by atoms with Crippen molar-refractivity contribution in [2.45, 2.75) is 0 Å². The van der Waals surface area contributed by atoms with E-state index in [1.165, 1.54) is 6.20 Å². The Morgan fingerprint density at radius 3 is 2.78 bits per heavy atom. The lowest BCUT2D eigenvalue weighted by Crippen LogP contribution is -1.88. The average Bonchev–Trinajstić information content (AvgIpc) is 2.14. The molecule has 0 spiro atoms. The first-order valence-electron chi connectivity index (χ1n) is 2.55. The lowest BCUT2D eigenvalue weighted by atomic mass is 10.3. The molecule has 1 aromatic heterocycles. The normalized spacial score (nSPS) is 9.56. The van der Waals surface area contributed by atoms with Crippen LogP contribution in [0.4, 0.5) is 0 Å². The van der Waals surface area contributed by atoms with E-state index in [2.05, 4.69) is 12.0 Å². The SMILES string of the molecule is [CH2]C(=O)c1cnn(C)c1. The van der Waals surface area contributed by atoms with Crippen LogP contribution in [-0.2, 0) is 7.05 Å². The molecule has 1 rings (SSSR count). The summed E-state index contributed by atoms with van der Waals surface area (Å²) in [5, 5.41) is 3.79. The molecule has 0 aliphatic rings. The van der Waals surface area contributed by atoms with Gasteiger partial charge in [-0.2, -0.15) is 5.10 Å². The molecule has 0 amide bonds. The molecule has 1 aromatic rings. The summed E-state index contributed by atoms with van der Waals surface area (Å²) in [7, 11) is 1.76. The van der Waals surface area contributed by atoms with Crippen molar-refractivity contribution in [1.82, 2.24) is 9.78 Å². The molecule has 0 fully saturated rings. The smallest absolute Gasteiger partial charge is 0.166 e. The highest BCUT2D eigenvalue weighted by Crippen LogP contribution is 1.94. The third kappa shape index (κ3) is 1.16. The largest absolute Gasteiger partial charge is 0.294 e. The molecular weight excluding hydrogens is 116 g/mol. The van der Waals surface area contributed by atoms with Crippen LogP contribution in [-0.4, -0.2) is 15.6 Å². The number of carbonyl (C=O) groups is 1. The number of ketones is 1. The first-order chi connectivity index (χ1) is 4.20. The van der Waals surface area contributed by atoms with Gasteiger partial charge in [-0.15, -0.1) is 0 Å². The van der Waals surface area contributed by atoms with Crippen LogP contribution in [0, 0.1) is 6.92 Å². The van der Waals surface area contributed by atoms with Gasteiger partial charge in [-0.3, -0.25) is 9.48 Å². The maximum atomic E-state index is 10.5. The number of carbonyl (C=O) groups excluding carboxylic acids is 1. The van der Waals surface area contributed by atoms with Gasteiger partial charge < -0.3 is 0 Å². The molecule has 1 heterocycles. The molecule has 9 heavy (non-hydrogen) atoms. The molecule has 1 radical (unpaired) electrons. The number of aryl methyl sites for hydroxylation is 1. The number of nitrogens with zero attached hydrogens (tertiary/aromatic N) is 2. The third-order valence-corrected chi connectivity index (χ3v) is 1.03. The minimum absolute atomic E-state index is 0.192. The number of rotatable bonds is 1. The van der Waals surface area contributed by atoms with E-state index < -0.39 is 0 Å². The van der Waals surface area contributed by atoms with E-state index in [1.807, 2.05) is 0 Å². The summed E-state index contributed by atoms with van der Waals surface area (Å²) in [4.78, 5) is 10.5. The van der Waals surface area contributed by atoms with Crippen molar-refractivity contribution in [1.29, 1.82) is 0 Å². The lowest BCUT2D eigenvalue weighted by Gasteiger charge is -1.81. The van der Waals surface area contributed by atoms with Crippen molar-refractivity contribution in [3.63, 3.8) is 0 Å². The summed E-state index contributed by atoms with van der Waals surface area (Å²) in [5.41, 5.74) is 0.553.